The van der Waals surface area contributed by atoms with Crippen LogP contribution < -0.4 is 0 Å². The number of nitrogens with zero attached hydrogens (tertiary/aromatic N) is 3. The number of carbonyl (C=O) groups is 1. The van der Waals surface area contributed by atoms with Gasteiger partial charge in [0, 0.05) is 16.8 Å². The highest BCUT2D eigenvalue weighted by atomic mass is 35.5. The average Bonchev–Trinajstić information content (AvgIpc) is 2.99. The largest absolute Gasteiger partial charge is 0.476 e. The summed E-state index contributed by atoms with van der Waals surface area (Å²) in [7, 11) is -3.33. The normalized spacial score (nSPS) is 11.4. The van der Waals surface area contributed by atoms with Crippen molar-refractivity contribution in [2.75, 3.05) is 6.26 Å². The summed E-state index contributed by atoms with van der Waals surface area (Å²) in [5.41, 5.74) is 1.03. The third-order valence-corrected chi connectivity index (χ3v) is 4.84. The van der Waals surface area contributed by atoms with Crippen molar-refractivity contribution in [3.8, 4) is 16.9 Å². The molecule has 0 aliphatic heterocycles. The Morgan fingerprint density at radius 3 is 2.40 bits per heavy atom. The van der Waals surface area contributed by atoms with Gasteiger partial charge in [-0.1, -0.05) is 28.9 Å². The fourth-order valence-electron chi connectivity index (χ4n) is 2.34. The second-order valence-corrected chi connectivity index (χ2v) is 7.73. The first-order chi connectivity index (χ1) is 11.8. The molecule has 25 heavy (non-hydrogen) atoms. The zero-order chi connectivity index (χ0) is 18.2. The van der Waals surface area contributed by atoms with E-state index in [1.165, 1.54) is 28.9 Å². The molecule has 2 aromatic carbocycles. The SMILES string of the molecule is CS(=O)(=O)c1ccc(-n2nnc(C(=O)O)c2-c2cccc(Cl)c2)cc1. The van der Waals surface area contributed by atoms with Crippen molar-refractivity contribution < 1.29 is 18.3 Å². The molecule has 0 saturated carbocycles. The molecule has 0 aliphatic rings. The Labute approximate surface area is 148 Å². The van der Waals surface area contributed by atoms with Crippen LogP contribution in [-0.2, 0) is 9.84 Å². The minimum atomic E-state index is -3.33. The second kappa shape index (κ2) is 6.30. The number of sulfone groups is 1. The van der Waals surface area contributed by atoms with Crippen LogP contribution in [0, 0.1) is 0 Å². The van der Waals surface area contributed by atoms with Crippen molar-refractivity contribution in [1.29, 1.82) is 0 Å². The molecule has 0 bridgehead atoms. The van der Waals surface area contributed by atoms with Gasteiger partial charge < -0.3 is 5.11 Å². The number of carboxylic acid groups (broad SMARTS) is 1. The van der Waals surface area contributed by atoms with E-state index in [1.54, 1.807) is 24.3 Å². The third kappa shape index (κ3) is 3.40. The summed E-state index contributed by atoms with van der Waals surface area (Å²) in [5, 5.41) is 17.4. The molecule has 3 aromatic rings. The van der Waals surface area contributed by atoms with E-state index < -0.39 is 15.8 Å². The fraction of sp³-hybridized carbons (Fsp3) is 0.0625. The van der Waals surface area contributed by atoms with Gasteiger partial charge in [-0.05, 0) is 36.4 Å². The fourth-order valence-corrected chi connectivity index (χ4v) is 3.16. The molecule has 0 atom stereocenters. The Balaban J connectivity index is 2.19. The van der Waals surface area contributed by atoms with Crippen LogP contribution in [0.5, 0.6) is 0 Å². The number of benzene rings is 2. The molecule has 0 amide bonds. The molecule has 0 radical (unpaired) electrons. The Bertz CT molecular complexity index is 1060. The Morgan fingerprint density at radius 1 is 1.16 bits per heavy atom. The molecule has 0 unspecified atom stereocenters. The van der Waals surface area contributed by atoms with E-state index in [9.17, 15) is 18.3 Å². The average molecular weight is 378 g/mol. The molecule has 1 heterocycles. The predicted molar refractivity (Wildman–Crippen MR) is 91.9 cm³/mol. The van der Waals surface area contributed by atoms with Gasteiger partial charge in [0.05, 0.1) is 10.6 Å². The van der Waals surface area contributed by atoms with Gasteiger partial charge in [0.2, 0.25) is 0 Å². The Kier molecular flexibility index (Phi) is 4.32. The maximum atomic E-state index is 11.6. The zero-order valence-corrected chi connectivity index (χ0v) is 14.5. The van der Waals surface area contributed by atoms with E-state index in [0.717, 1.165) is 6.26 Å². The number of halogens is 1. The number of aromatic nitrogens is 3. The summed E-state index contributed by atoms with van der Waals surface area (Å²) >= 11 is 6.00. The Hall–Kier alpha value is -2.71. The van der Waals surface area contributed by atoms with Crippen LogP contribution in [-0.4, -0.2) is 40.7 Å². The lowest BCUT2D eigenvalue weighted by molar-refractivity contribution is 0.0691. The molecular formula is C16H12ClN3O4S. The van der Waals surface area contributed by atoms with E-state index in [-0.39, 0.29) is 16.3 Å². The first kappa shape index (κ1) is 17.1. The van der Waals surface area contributed by atoms with Crippen LogP contribution in [0.4, 0.5) is 0 Å². The summed E-state index contributed by atoms with van der Waals surface area (Å²) in [6, 6.07) is 12.6. The number of carboxylic acids is 1. The number of rotatable bonds is 4. The molecule has 3 rings (SSSR count). The van der Waals surface area contributed by atoms with E-state index in [4.69, 9.17) is 11.6 Å². The summed E-state index contributed by atoms with van der Waals surface area (Å²) in [4.78, 5) is 11.6. The van der Waals surface area contributed by atoms with Gasteiger partial charge in [-0.2, -0.15) is 0 Å². The van der Waals surface area contributed by atoms with Crippen molar-refractivity contribution in [2.24, 2.45) is 0 Å². The summed E-state index contributed by atoms with van der Waals surface area (Å²) in [6.07, 6.45) is 1.11. The van der Waals surface area contributed by atoms with E-state index in [0.29, 0.717) is 16.3 Å². The molecule has 0 aliphatic carbocycles. The lowest BCUT2D eigenvalue weighted by atomic mass is 10.1. The number of hydrogen-bond donors (Lipinski definition) is 1. The highest BCUT2D eigenvalue weighted by Crippen LogP contribution is 2.27. The highest BCUT2D eigenvalue weighted by Gasteiger charge is 2.22. The van der Waals surface area contributed by atoms with E-state index in [1.807, 2.05) is 0 Å². The minimum absolute atomic E-state index is 0.152. The van der Waals surface area contributed by atoms with Crippen LogP contribution in [0.1, 0.15) is 10.5 Å². The van der Waals surface area contributed by atoms with Gasteiger partial charge in [0.1, 0.15) is 5.69 Å². The maximum absolute atomic E-state index is 11.6. The van der Waals surface area contributed by atoms with E-state index in [2.05, 4.69) is 10.3 Å². The van der Waals surface area contributed by atoms with Crippen LogP contribution in [0.3, 0.4) is 0 Å². The van der Waals surface area contributed by atoms with Crippen molar-refractivity contribution >= 4 is 27.4 Å². The van der Waals surface area contributed by atoms with Crippen molar-refractivity contribution in [1.82, 2.24) is 15.0 Å². The molecule has 128 valence electrons. The quantitative estimate of drug-likeness (QED) is 0.749. The lowest BCUT2D eigenvalue weighted by Crippen LogP contribution is -2.04. The third-order valence-electron chi connectivity index (χ3n) is 3.48. The van der Waals surface area contributed by atoms with Gasteiger partial charge in [-0.25, -0.2) is 17.9 Å². The van der Waals surface area contributed by atoms with Gasteiger partial charge in [0.15, 0.2) is 15.5 Å². The van der Waals surface area contributed by atoms with Crippen molar-refractivity contribution in [3.63, 3.8) is 0 Å². The van der Waals surface area contributed by atoms with Gasteiger partial charge in [-0.3, -0.25) is 0 Å². The molecule has 7 nitrogen and oxygen atoms in total. The van der Waals surface area contributed by atoms with Crippen molar-refractivity contribution in [3.05, 3.63) is 59.2 Å². The minimum Gasteiger partial charge on any atom is -0.476 e. The van der Waals surface area contributed by atoms with Crippen LogP contribution in [0.15, 0.2) is 53.4 Å². The zero-order valence-electron chi connectivity index (χ0n) is 12.9. The lowest BCUT2D eigenvalue weighted by Gasteiger charge is -2.08. The van der Waals surface area contributed by atoms with E-state index >= 15 is 0 Å². The summed E-state index contributed by atoms with van der Waals surface area (Å²) < 4.78 is 24.5. The van der Waals surface area contributed by atoms with Gasteiger partial charge in [0.25, 0.3) is 0 Å². The highest BCUT2D eigenvalue weighted by molar-refractivity contribution is 7.90. The second-order valence-electron chi connectivity index (χ2n) is 5.28. The molecule has 9 heteroatoms. The van der Waals surface area contributed by atoms with Gasteiger partial charge >= 0.3 is 5.97 Å². The molecule has 1 aromatic heterocycles. The molecule has 0 fully saturated rings. The van der Waals surface area contributed by atoms with Crippen molar-refractivity contribution in [2.45, 2.75) is 4.90 Å². The van der Waals surface area contributed by atoms with Crippen LogP contribution >= 0.6 is 11.6 Å². The monoisotopic (exact) mass is 377 g/mol. The smallest absolute Gasteiger partial charge is 0.358 e. The van der Waals surface area contributed by atoms with Crippen LogP contribution in [0.25, 0.3) is 16.9 Å². The number of hydrogen-bond acceptors (Lipinski definition) is 5. The molecule has 1 N–H and O–H groups in total. The first-order valence-corrected chi connectivity index (χ1v) is 9.30. The maximum Gasteiger partial charge on any atom is 0.358 e. The van der Waals surface area contributed by atoms with Gasteiger partial charge in [-0.15, -0.1) is 5.10 Å². The Morgan fingerprint density at radius 2 is 1.84 bits per heavy atom. The summed E-state index contributed by atoms with van der Waals surface area (Å²) in [6.45, 7) is 0. The number of aromatic carboxylic acids is 1. The molecular weight excluding hydrogens is 366 g/mol. The molecule has 0 spiro atoms. The standard InChI is InChI=1S/C16H12ClN3O4S/c1-25(23,24)13-7-5-12(6-8-13)20-15(14(16(21)22)18-19-20)10-3-2-4-11(17)9-10/h2-9H,1H3,(H,21,22). The van der Waals surface area contributed by atoms with Crippen LogP contribution in [0.2, 0.25) is 5.02 Å². The molecule has 0 saturated heterocycles. The first-order valence-electron chi connectivity index (χ1n) is 7.03. The topological polar surface area (TPSA) is 102 Å². The predicted octanol–water partition coefficient (Wildman–Crippen LogP) is 2.69. The summed E-state index contributed by atoms with van der Waals surface area (Å²) in [5.74, 6) is -1.23.